The molecule has 0 spiro atoms. The molecule has 0 aliphatic rings. The summed E-state index contributed by atoms with van der Waals surface area (Å²) in [4.78, 5) is 27.5. The van der Waals surface area contributed by atoms with Gasteiger partial charge in [0.25, 0.3) is 0 Å². The third-order valence-corrected chi connectivity index (χ3v) is 4.86. The molecule has 0 amide bonds. The molecule has 0 saturated heterocycles. The van der Waals surface area contributed by atoms with Crippen LogP contribution in [0.25, 0.3) is 0 Å². The van der Waals surface area contributed by atoms with Crippen LogP contribution in [0.5, 0.6) is 0 Å². The second-order valence-electron chi connectivity index (χ2n) is 9.44. The van der Waals surface area contributed by atoms with Crippen LogP contribution in [-0.2, 0) is 19.2 Å². The molecule has 0 rings (SSSR count). The monoisotopic (exact) mass is 480 g/mol. The topological polar surface area (TPSA) is 93.1 Å². The highest BCUT2D eigenvalue weighted by molar-refractivity contribution is 5.71. The van der Waals surface area contributed by atoms with E-state index in [2.05, 4.69) is 17.9 Å². The molecule has 0 aliphatic carbocycles. The van der Waals surface area contributed by atoms with Gasteiger partial charge in [-0.05, 0) is 38.5 Å². The first-order chi connectivity index (χ1) is 16.2. The van der Waals surface area contributed by atoms with Crippen LogP contribution < -0.4 is 0 Å². The quantitative estimate of drug-likeness (QED) is 0.0442. The highest BCUT2D eigenvalue weighted by atomic mass is 17.1. The van der Waals surface area contributed by atoms with Crippen LogP contribution >= 0.6 is 0 Å². The number of unbranched alkanes of at least 4 members (excludes halogenated alkanes) is 4. The van der Waals surface area contributed by atoms with Gasteiger partial charge in [0.1, 0.15) is 12.6 Å². The first kappa shape index (κ1) is 31.8. The van der Waals surface area contributed by atoms with Crippen LogP contribution in [0.3, 0.4) is 0 Å². The third kappa shape index (κ3) is 21.6. The van der Waals surface area contributed by atoms with E-state index in [4.69, 9.17) is 15.1 Å². The Morgan fingerprint density at radius 1 is 0.941 bits per heavy atom. The molecule has 0 aliphatic heterocycles. The van der Waals surface area contributed by atoms with E-state index in [1.165, 1.54) is 19.3 Å². The summed E-state index contributed by atoms with van der Waals surface area (Å²) < 4.78 is 5.90. The molecule has 0 saturated carbocycles. The molecular weight excluding hydrogens is 434 g/mol. The fraction of sp³-hybridized carbons (Fsp3) is 0.630. The van der Waals surface area contributed by atoms with Crippen LogP contribution in [-0.4, -0.2) is 66.7 Å². The SMILES string of the molecule is CCCCC/C=C/CC(/C=C/C=C/C/C=C/CCCC(=O)OC(CC(=O)O)C[N+](C)(C)C)OO. The van der Waals surface area contributed by atoms with Crippen molar-refractivity contribution in [1.82, 2.24) is 0 Å². The number of carbonyl (C=O) groups excluding carboxylic acids is 1. The zero-order chi connectivity index (χ0) is 25.7. The molecule has 0 bridgehead atoms. The minimum Gasteiger partial charge on any atom is -0.481 e. The van der Waals surface area contributed by atoms with Crippen molar-refractivity contribution in [1.29, 1.82) is 0 Å². The van der Waals surface area contributed by atoms with E-state index >= 15 is 0 Å². The lowest BCUT2D eigenvalue weighted by Crippen LogP contribution is -2.43. The molecule has 7 nitrogen and oxygen atoms in total. The van der Waals surface area contributed by atoms with Crippen molar-refractivity contribution < 1.29 is 34.1 Å². The number of nitrogens with zero attached hydrogens (tertiary/aromatic N) is 1. The number of aliphatic carboxylic acids is 1. The molecule has 7 heteroatoms. The van der Waals surface area contributed by atoms with Gasteiger partial charge < -0.3 is 14.3 Å². The van der Waals surface area contributed by atoms with Crippen LogP contribution in [0, 0.1) is 0 Å². The van der Waals surface area contributed by atoms with E-state index in [0.717, 1.165) is 19.3 Å². The minimum atomic E-state index is -0.967. The Kier molecular flexibility index (Phi) is 18.9. The fourth-order valence-electron chi connectivity index (χ4n) is 3.21. The Morgan fingerprint density at radius 3 is 2.29 bits per heavy atom. The highest BCUT2D eigenvalue weighted by Crippen LogP contribution is 2.09. The van der Waals surface area contributed by atoms with Crippen molar-refractivity contribution >= 4 is 11.9 Å². The number of carboxylic acid groups (broad SMARTS) is 1. The standard InChI is InChI=1S/C27H45NO6/c1-5-6-7-8-13-16-19-24(34-32)20-17-14-11-9-10-12-15-18-21-27(31)33-25(22-26(29)30)23-28(2,3)4/h10-14,16-17,20,24-25H,5-9,15,18-19,21-23H2,1-4H3,(H-,29,30,32)/p+1/b12-10+,14-11+,16-13+,20-17+. The number of ether oxygens (including phenoxy) is 1. The molecule has 0 aromatic rings. The number of carbonyl (C=O) groups is 2. The van der Waals surface area contributed by atoms with Crippen molar-refractivity contribution in [3.05, 3.63) is 48.6 Å². The van der Waals surface area contributed by atoms with Gasteiger partial charge in [-0.3, -0.25) is 14.8 Å². The van der Waals surface area contributed by atoms with Crippen molar-refractivity contribution in [2.45, 2.75) is 83.3 Å². The number of carboxylic acids is 1. The Labute approximate surface area is 206 Å². The molecule has 0 radical (unpaired) electrons. The van der Waals surface area contributed by atoms with Crippen LogP contribution in [0.15, 0.2) is 48.6 Å². The van der Waals surface area contributed by atoms with Gasteiger partial charge in [-0.1, -0.05) is 68.4 Å². The zero-order valence-electron chi connectivity index (χ0n) is 21.5. The number of allylic oxidation sites excluding steroid dienone is 6. The van der Waals surface area contributed by atoms with Gasteiger partial charge in [-0.15, -0.1) is 0 Å². The lowest BCUT2D eigenvalue weighted by Gasteiger charge is -2.28. The number of rotatable bonds is 20. The average molecular weight is 481 g/mol. The van der Waals surface area contributed by atoms with Crippen molar-refractivity contribution in [2.24, 2.45) is 0 Å². The highest BCUT2D eigenvalue weighted by Gasteiger charge is 2.24. The molecule has 0 aromatic carbocycles. The Balaban J connectivity index is 4.09. The number of hydrogen-bond donors (Lipinski definition) is 2. The second-order valence-corrected chi connectivity index (χ2v) is 9.44. The molecular formula is C27H46NO6+. The fourth-order valence-corrected chi connectivity index (χ4v) is 3.21. The van der Waals surface area contributed by atoms with E-state index < -0.39 is 12.1 Å². The summed E-state index contributed by atoms with van der Waals surface area (Å²) in [5.41, 5.74) is 0. The van der Waals surface area contributed by atoms with Crippen LogP contribution in [0.4, 0.5) is 0 Å². The van der Waals surface area contributed by atoms with Crippen molar-refractivity contribution in [3.8, 4) is 0 Å². The Hall–Kier alpha value is -2.22. The lowest BCUT2D eigenvalue weighted by molar-refractivity contribution is -0.873. The van der Waals surface area contributed by atoms with Gasteiger partial charge in [-0.25, -0.2) is 4.89 Å². The molecule has 0 heterocycles. The maximum absolute atomic E-state index is 12.0. The lowest BCUT2D eigenvalue weighted by atomic mass is 10.1. The molecule has 2 N–H and O–H groups in total. The summed E-state index contributed by atoms with van der Waals surface area (Å²) in [5, 5.41) is 18.0. The van der Waals surface area contributed by atoms with Gasteiger partial charge in [-0.2, -0.15) is 0 Å². The molecule has 2 unspecified atom stereocenters. The first-order valence-corrected chi connectivity index (χ1v) is 12.3. The summed E-state index contributed by atoms with van der Waals surface area (Å²) in [6.07, 6.45) is 22.5. The molecule has 0 fully saturated rings. The summed E-state index contributed by atoms with van der Waals surface area (Å²) >= 11 is 0. The second kappa shape index (κ2) is 20.2. The molecule has 34 heavy (non-hydrogen) atoms. The molecule has 0 aromatic heterocycles. The average Bonchev–Trinajstić information content (AvgIpc) is 2.74. The minimum absolute atomic E-state index is 0.178. The van der Waals surface area contributed by atoms with Gasteiger partial charge in [0.15, 0.2) is 6.10 Å². The van der Waals surface area contributed by atoms with Gasteiger partial charge in [0.05, 0.1) is 27.6 Å². The van der Waals surface area contributed by atoms with E-state index in [1.54, 1.807) is 0 Å². The van der Waals surface area contributed by atoms with Gasteiger partial charge in [0.2, 0.25) is 0 Å². The largest absolute Gasteiger partial charge is 0.481 e. The normalized spacial score (nSPS) is 14.5. The summed E-state index contributed by atoms with van der Waals surface area (Å²) in [6, 6.07) is 0. The maximum Gasteiger partial charge on any atom is 0.307 e. The van der Waals surface area contributed by atoms with Crippen molar-refractivity contribution in [3.63, 3.8) is 0 Å². The van der Waals surface area contributed by atoms with Crippen LogP contribution in [0.1, 0.15) is 71.1 Å². The molecule has 194 valence electrons. The zero-order valence-corrected chi connectivity index (χ0v) is 21.5. The predicted molar refractivity (Wildman–Crippen MR) is 136 cm³/mol. The summed E-state index contributed by atoms with van der Waals surface area (Å²) in [7, 11) is 5.80. The van der Waals surface area contributed by atoms with E-state index in [1.807, 2.05) is 63.7 Å². The van der Waals surface area contributed by atoms with E-state index in [9.17, 15) is 9.59 Å². The number of esters is 1. The molecule has 2 atom stereocenters. The Morgan fingerprint density at radius 2 is 1.65 bits per heavy atom. The third-order valence-electron chi connectivity index (χ3n) is 4.86. The van der Waals surface area contributed by atoms with Crippen molar-refractivity contribution in [2.75, 3.05) is 27.7 Å². The maximum atomic E-state index is 12.0. The first-order valence-electron chi connectivity index (χ1n) is 12.3. The Bertz CT molecular complexity index is 661. The van der Waals surface area contributed by atoms with E-state index in [0.29, 0.717) is 23.9 Å². The summed E-state index contributed by atoms with van der Waals surface area (Å²) in [5.74, 6) is -1.32. The van der Waals surface area contributed by atoms with Gasteiger partial charge in [0, 0.05) is 6.42 Å². The number of quaternary nitrogens is 1. The van der Waals surface area contributed by atoms with Crippen LogP contribution in [0.2, 0.25) is 0 Å². The van der Waals surface area contributed by atoms with E-state index in [-0.39, 0.29) is 24.9 Å². The number of hydrogen-bond acceptors (Lipinski definition) is 5. The van der Waals surface area contributed by atoms with Gasteiger partial charge >= 0.3 is 11.9 Å². The summed E-state index contributed by atoms with van der Waals surface area (Å²) in [6.45, 7) is 2.64. The smallest absolute Gasteiger partial charge is 0.307 e. The number of likely N-dealkylation sites (N-methyl/N-ethyl adjacent to an activating group) is 1. The predicted octanol–water partition coefficient (Wildman–Crippen LogP) is 5.69.